The van der Waals surface area contributed by atoms with Gasteiger partial charge in [-0.2, -0.15) is 0 Å². The van der Waals surface area contributed by atoms with Crippen molar-refractivity contribution >= 4 is 11.3 Å². The minimum atomic E-state index is 0.125. The van der Waals surface area contributed by atoms with Crippen LogP contribution in [0.25, 0.3) is 0 Å². The second-order valence-electron chi connectivity index (χ2n) is 5.20. The lowest BCUT2D eigenvalue weighted by atomic mass is 10.1. The number of rotatable bonds is 8. The van der Waals surface area contributed by atoms with Crippen molar-refractivity contribution in [1.29, 1.82) is 0 Å². The van der Waals surface area contributed by atoms with Gasteiger partial charge in [-0.15, -0.1) is 10.2 Å². The fourth-order valence-electron chi connectivity index (χ4n) is 2.30. The molecule has 0 radical (unpaired) electrons. The van der Waals surface area contributed by atoms with Crippen LogP contribution in [0.15, 0.2) is 30.3 Å². The average Bonchev–Trinajstić information content (AvgIpc) is 2.94. The van der Waals surface area contributed by atoms with Crippen molar-refractivity contribution < 1.29 is 4.74 Å². The Bertz CT molecular complexity index is 529. The molecule has 2 aromatic rings. The smallest absolute Gasteiger partial charge is 0.139 e. The molecule has 114 valence electrons. The second-order valence-corrected chi connectivity index (χ2v) is 6.29. The summed E-state index contributed by atoms with van der Waals surface area (Å²) in [5.41, 5.74) is 1.23. The van der Waals surface area contributed by atoms with E-state index in [2.05, 4.69) is 53.6 Å². The summed E-state index contributed by atoms with van der Waals surface area (Å²) < 4.78 is 5.18. The molecule has 0 aliphatic carbocycles. The van der Waals surface area contributed by atoms with Gasteiger partial charge in [0.05, 0.1) is 6.04 Å². The lowest BCUT2D eigenvalue weighted by molar-refractivity contribution is 0.159. The summed E-state index contributed by atoms with van der Waals surface area (Å²) in [5.74, 6) is 0.463. The van der Waals surface area contributed by atoms with E-state index in [1.165, 1.54) is 5.56 Å². The Morgan fingerprint density at radius 1 is 1.24 bits per heavy atom. The van der Waals surface area contributed by atoms with Crippen molar-refractivity contribution in [2.75, 3.05) is 20.3 Å². The van der Waals surface area contributed by atoms with Crippen LogP contribution in [-0.2, 0) is 11.2 Å². The maximum atomic E-state index is 5.18. The Labute approximate surface area is 130 Å². The molecular weight excluding hydrogens is 282 g/mol. The van der Waals surface area contributed by atoms with Crippen LogP contribution in [0.5, 0.6) is 0 Å². The number of methoxy groups -OCH3 is 1. The molecule has 0 aliphatic rings. The van der Waals surface area contributed by atoms with Crippen LogP contribution in [0.2, 0.25) is 0 Å². The molecule has 2 rings (SSSR count). The molecule has 1 N–H and O–H groups in total. The maximum Gasteiger partial charge on any atom is 0.139 e. The first kappa shape index (κ1) is 16.1. The van der Waals surface area contributed by atoms with E-state index in [1.54, 1.807) is 18.4 Å². The van der Waals surface area contributed by atoms with E-state index in [0.717, 1.165) is 29.6 Å². The second kappa shape index (κ2) is 8.22. The van der Waals surface area contributed by atoms with Gasteiger partial charge >= 0.3 is 0 Å². The molecule has 1 heterocycles. The summed E-state index contributed by atoms with van der Waals surface area (Å²) in [4.78, 5) is 0. The summed E-state index contributed by atoms with van der Waals surface area (Å²) >= 11 is 1.69. The molecule has 5 heteroatoms. The maximum absolute atomic E-state index is 5.18. The number of benzene rings is 1. The molecule has 1 aromatic carbocycles. The molecule has 0 saturated carbocycles. The molecule has 0 aliphatic heterocycles. The molecule has 0 spiro atoms. The zero-order valence-electron chi connectivity index (χ0n) is 12.9. The lowest BCUT2D eigenvalue weighted by Crippen LogP contribution is -2.21. The lowest BCUT2D eigenvalue weighted by Gasteiger charge is -2.14. The van der Waals surface area contributed by atoms with E-state index in [-0.39, 0.29) is 6.04 Å². The van der Waals surface area contributed by atoms with E-state index in [0.29, 0.717) is 5.92 Å². The number of aromatic nitrogens is 2. The molecule has 0 amide bonds. The highest BCUT2D eigenvalue weighted by molar-refractivity contribution is 7.11. The largest absolute Gasteiger partial charge is 0.384 e. The third-order valence-corrected chi connectivity index (χ3v) is 4.26. The van der Waals surface area contributed by atoms with Gasteiger partial charge in [0.15, 0.2) is 0 Å². The Morgan fingerprint density at radius 2 is 2.00 bits per heavy atom. The van der Waals surface area contributed by atoms with Gasteiger partial charge in [-0.25, -0.2) is 0 Å². The third kappa shape index (κ3) is 4.59. The van der Waals surface area contributed by atoms with Crippen molar-refractivity contribution in [3.63, 3.8) is 0 Å². The quantitative estimate of drug-likeness (QED) is 0.814. The van der Waals surface area contributed by atoms with E-state index < -0.39 is 0 Å². The third-order valence-electron chi connectivity index (χ3n) is 3.24. The van der Waals surface area contributed by atoms with Gasteiger partial charge in [-0.1, -0.05) is 55.5 Å². The highest BCUT2D eigenvalue weighted by Crippen LogP contribution is 2.25. The Kier molecular flexibility index (Phi) is 6.29. The molecule has 21 heavy (non-hydrogen) atoms. The Hall–Kier alpha value is -1.30. The fraction of sp³-hybridized carbons (Fsp3) is 0.500. The van der Waals surface area contributed by atoms with Gasteiger partial charge in [0.1, 0.15) is 10.0 Å². The van der Waals surface area contributed by atoms with Gasteiger partial charge in [-0.3, -0.25) is 0 Å². The highest BCUT2D eigenvalue weighted by Gasteiger charge is 2.18. The number of nitrogens with zero attached hydrogens (tertiary/aromatic N) is 2. The average molecular weight is 305 g/mol. The van der Waals surface area contributed by atoms with Gasteiger partial charge in [0, 0.05) is 20.1 Å². The molecule has 2 atom stereocenters. The van der Waals surface area contributed by atoms with Crippen molar-refractivity contribution in [1.82, 2.24) is 15.5 Å². The molecule has 2 unspecified atom stereocenters. The Morgan fingerprint density at radius 3 is 2.67 bits per heavy atom. The fourth-order valence-corrected chi connectivity index (χ4v) is 3.41. The molecule has 0 fully saturated rings. The summed E-state index contributed by atoms with van der Waals surface area (Å²) in [6.07, 6.45) is 0.916. The Balaban J connectivity index is 2.13. The van der Waals surface area contributed by atoms with Gasteiger partial charge in [0.2, 0.25) is 0 Å². The standard InChI is InChI=1S/C16H23N3OS/c1-4-17-15(13-8-6-5-7-9-13)16-19-18-14(21-16)10-12(2)11-20-3/h5-9,12,15,17H,4,10-11H2,1-3H3. The zero-order chi connectivity index (χ0) is 15.1. The number of ether oxygens (including phenoxy) is 1. The first-order valence-electron chi connectivity index (χ1n) is 7.34. The van der Waals surface area contributed by atoms with Gasteiger partial charge in [-0.05, 0) is 18.0 Å². The van der Waals surface area contributed by atoms with Crippen molar-refractivity contribution in [2.24, 2.45) is 5.92 Å². The zero-order valence-corrected chi connectivity index (χ0v) is 13.7. The highest BCUT2D eigenvalue weighted by atomic mass is 32.1. The van der Waals surface area contributed by atoms with Crippen molar-refractivity contribution in [3.05, 3.63) is 45.9 Å². The first-order chi connectivity index (χ1) is 10.2. The summed E-state index contributed by atoms with van der Waals surface area (Å²) in [7, 11) is 1.73. The summed E-state index contributed by atoms with van der Waals surface area (Å²) in [6, 6.07) is 10.5. The van der Waals surface area contributed by atoms with Gasteiger partial charge in [0.25, 0.3) is 0 Å². The molecule has 4 nitrogen and oxygen atoms in total. The SMILES string of the molecule is CCNC(c1ccccc1)c1nnc(CC(C)COC)s1. The van der Waals surface area contributed by atoms with Crippen LogP contribution in [0.1, 0.15) is 35.5 Å². The van der Waals surface area contributed by atoms with E-state index >= 15 is 0 Å². The molecule has 0 saturated heterocycles. The summed E-state index contributed by atoms with van der Waals surface area (Å²) in [6.45, 7) is 5.93. The predicted octanol–water partition coefficient (Wildman–Crippen LogP) is 3.06. The van der Waals surface area contributed by atoms with Crippen molar-refractivity contribution in [3.8, 4) is 0 Å². The normalized spacial score (nSPS) is 14.0. The molecular formula is C16H23N3OS. The minimum Gasteiger partial charge on any atom is -0.384 e. The van der Waals surface area contributed by atoms with Crippen LogP contribution >= 0.6 is 11.3 Å². The van der Waals surface area contributed by atoms with Crippen LogP contribution in [0.4, 0.5) is 0 Å². The molecule has 0 bridgehead atoms. The van der Waals surface area contributed by atoms with Crippen molar-refractivity contribution in [2.45, 2.75) is 26.3 Å². The topological polar surface area (TPSA) is 47.0 Å². The van der Waals surface area contributed by atoms with E-state index in [4.69, 9.17) is 4.74 Å². The minimum absolute atomic E-state index is 0.125. The van der Waals surface area contributed by atoms with E-state index in [1.807, 2.05) is 6.07 Å². The van der Waals surface area contributed by atoms with Crippen LogP contribution in [0, 0.1) is 5.92 Å². The van der Waals surface area contributed by atoms with E-state index in [9.17, 15) is 0 Å². The predicted molar refractivity (Wildman–Crippen MR) is 86.6 cm³/mol. The first-order valence-corrected chi connectivity index (χ1v) is 8.15. The number of hydrogen-bond donors (Lipinski definition) is 1. The molecule has 1 aromatic heterocycles. The van der Waals surface area contributed by atoms with Crippen LogP contribution in [-0.4, -0.2) is 30.5 Å². The van der Waals surface area contributed by atoms with Crippen LogP contribution in [0.3, 0.4) is 0 Å². The van der Waals surface area contributed by atoms with Gasteiger partial charge < -0.3 is 10.1 Å². The number of nitrogens with one attached hydrogen (secondary N) is 1. The number of hydrogen-bond acceptors (Lipinski definition) is 5. The summed E-state index contributed by atoms with van der Waals surface area (Å²) in [5, 5.41) is 14.3. The van der Waals surface area contributed by atoms with Crippen LogP contribution < -0.4 is 5.32 Å². The monoisotopic (exact) mass is 305 g/mol.